The number of hydrogen-bond acceptors (Lipinski definition) is 3. The Bertz CT molecular complexity index is 425. The monoisotopic (exact) mass is 295 g/mol. The van der Waals surface area contributed by atoms with Crippen LogP contribution in [0, 0.1) is 5.41 Å². The quantitative estimate of drug-likeness (QED) is 0.901. The third kappa shape index (κ3) is 4.37. The smallest absolute Gasteiger partial charge is 0.0426 e. The lowest BCUT2D eigenvalue weighted by Gasteiger charge is -2.39. The zero-order chi connectivity index (χ0) is 14.6. The van der Waals surface area contributed by atoms with Gasteiger partial charge in [0.25, 0.3) is 0 Å². The first-order chi connectivity index (χ1) is 9.50. The Balaban J connectivity index is 1.86. The van der Waals surface area contributed by atoms with Gasteiger partial charge in [0.15, 0.2) is 0 Å². The molecule has 1 N–H and O–H groups in total. The first-order valence-corrected chi connectivity index (χ1v) is 7.75. The highest BCUT2D eigenvalue weighted by atomic mass is 35.5. The van der Waals surface area contributed by atoms with Crippen LogP contribution in [0.15, 0.2) is 24.3 Å². The first-order valence-electron chi connectivity index (χ1n) is 7.38. The molecule has 0 atom stereocenters. The number of nitrogens with zero attached hydrogens (tertiary/aromatic N) is 2. The molecule has 4 heteroatoms. The van der Waals surface area contributed by atoms with E-state index in [1.54, 1.807) is 0 Å². The number of benzene rings is 1. The number of anilines is 1. The van der Waals surface area contributed by atoms with Gasteiger partial charge in [0, 0.05) is 50.0 Å². The molecule has 112 valence electrons. The molecule has 1 aliphatic rings. The van der Waals surface area contributed by atoms with Crippen LogP contribution in [0.1, 0.15) is 13.8 Å². The van der Waals surface area contributed by atoms with Gasteiger partial charge in [-0.1, -0.05) is 31.5 Å². The highest BCUT2D eigenvalue weighted by Crippen LogP contribution is 2.22. The van der Waals surface area contributed by atoms with Crippen LogP contribution in [0.4, 0.5) is 5.69 Å². The average molecular weight is 296 g/mol. The lowest BCUT2D eigenvalue weighted by Crippen LogP contribution is -2.50. The Morgan fingerprint density at radius 2 is 1.90 bits per heavy atom. The Morgan fingerprint density at radius 1 is 1.20 bits per heavy atom. The third-order valence-electron chi connectivity index (χ3n) is 3.85. The molecule has 1 aromatic rings. The molecule has 1 saturated heterocycles. The van der Waals surface area contributed by atoms with Gasteiger partial charge in [0.2, 0.25) is 0 Å². The van der Waals surface area contributed by atoms with E-state index in [9.17, 15) is 0 Å². The first kappa shape index (κ1) is 15.6. The van der Waals surface area contributed by atoms with Crippen molar-refractivity contribution in [2.75, 3.05) is 51.2 Å². The molecule has 0 saturated carbocycles. The Morgan fingerprint density at radius 3 is 2.50 bits per heavy atom. The van der Waals surface area contributed by atoms with Gasteiger partial charge in [-0.3, -0.25) is 4.90 Å². The lowest BCUT2D eigenvalue weighted by atomic mass is 9.92. The topological polar surface area (TPSA) is 18.5 Å². The highest BCUT2D eigenvalue weighted by molar-refractivity contribution is 6.30. The molecule has 0 amide bonds. The fourth-order valence-corrected chi connectivity index (χ4v) is 3.16. The lowest BCUT2D eigenvalue weighted by molar-refractivity contribution is 0.168. The molecule has 0 spiro atoms. The van der Waals surface area contributed by atoms with Crippen molar-refractivity contribution in [2.24, 2.45) is 5.41 Å². The van der Waals surface area contributed by atoms with E-state index in [2.05, 4.69) is 41.1 Å². The van der Waals surface area contributed by atoms with Crippen molar-refractivity contribution in [2.45, 2.75) is 13.8 Å². The van der Waals surface area contributed by atoms with Crippen molar-refractivity contribution in [3.05, 3.63) is 29.3 Å². The van der Waals surface area contributed by atoms with Crippen LogP contribution in [0.2, 0.25) is 5.02 Å². The van der Waals surface area contributed by atoms with Gasteiger partial charge in [-0.05, 0) is 30.7 Å². The van der Waals surface area contributed by atoms with Crippen molar-refractivity contribution < 1.29 is 0 Å². The molecule has 1 heterocycles. The summed E-state index contributed by atoms with van der Waals surface area (Å²) in [6, 6.07) is 8.16. The maximum absolute atomic E-state index is 6.07. The Kier molecular flexibility index (Phi) is 5.30. The van der Waals surface area contributed by atoms with Crippen LogP contribution in [-0.4, -0.2) is 51.2 Å². The van der Waals surface area contributed by atoms with Gasteiger partial charge in [0.05, 0.1) is 0 Å². The summed E-state index contributed by atoms with van der Waals surface area (Å²) in [6.45, 7) is 11.3. The normalized spacial score (nSPS) is 17.5. The standard InChI is InChI=1S/C16H26ClN3/c1-16(2,12-18-3)13-19-7-9-20(10-8-19)15-6-4-5-14(17)11-15/h4-6,11,18H,7-10,12-13H2,1-3H3. The van der Waals surface area contributed by atoms with Gasteiger partial charge < -0.3 is 10.2 Å². The summed E-state index contributed by atoms with van der Waals surface area (Å²) in [5, 5.41) is 4.11. The fraction of sp³-hybridized carbons (Fsp3) is 0.625. The van der Waals surface area contributed by atoms with Crippen molar-refractivity contribution in [3.63, 3.8) is 0 Å². The van der Waals surface area contributed by atoms with E-state index in [4.69, 9.17) is 11.6 Å². The van der Waals surface area contributed by atoms with Crippen LogP contribution < -0.4 is 10.2 Å². The van der Waals surface area contributed by atoms with Crippen LogP contribution in [0.3, 0.4) is 0 Å². The Hall–Kier alpha value is -0.770. The molecule has 1 aromatic carbocycles. The van der Waals surface area contributed by atoms with Gasteiger partial charge >= 0.3 is 0 Å². The zero-order valence-corrected chi connectivity index (χ0v) is 13.6. The zero-order valence-electron chi connectivity index (χ0n) is 12.8. The number of piperazine rings is 1. The minimum absolute atomic E-state index is 0.326. The van der Waals surface area contributed by atoms with Gasteiger partial charge in [-0.25, -0.2) is 0 Å². The van der Waals surface area contributed by atoms with Crippen LogP contribution >= 0.6 is 11.6 Å². The van der Waals surface area contributed by atoms with E-state index >= 15 is 0 Å². The van der Waals surface area contributed by atoms with Crippen LogP contribution in [-0.2, 0) is 0 Å². The summed E-state index contributed by atoms with van der Waals surface area (Å²) < 4.78 is 0. The number of halogens is 1. The van der Waals surface area contributed by atoms with E-state index < -0.39 is 0 Å². The van der Waals surface area contributed by atoms with Gasteiger partial charge in [-0.2, -0.15) is 0 Å². The van der Waals surface area contributed by atoms with E-state index in [1.807, 2.05) is 19.2 Å². The third-order valence-corrected chi connectivity index (χ3v) is 4.09. The molecule has 0 aliphatic carbocycles. The summed E-state index contributed by atoms with van der Waals surface area (Å²) in [5.41, 5.74) is 1.57. The molecule has 1 fully saturated rings. The van der Waals surface area contributed by atoms with Crippen molar-refractivity contribution in [3.8, 4) is 0 Å². The fourth-order valence-electron chi connectivity index (χ4n) is 2.98. The highest BCUT2D eigenvalue weighted by Gasteiger charge is 2.24. The summed E-state index contributed by atoms with van der Waals surface area (Å²) in [4.78, 5) is 4.99. The van der Waals surface area contributed by atoms with Crippen molar-refractivity contribution >= 4 is 17.3 Å². The largest absolute Gasteiger partial charge is 0.369 e. The van der Waals surface area contributed by atoms with E-state index in [0.29, 0.717) is 5.41 Å². The van der Waals surface area contributed by atoms with E-state index in [-0.39, 0.29) is 0 Å². The van der Waals surface area contributed by atoms with E-state index in [1.165, 1.54) is 5.69 Å². The molecule has 20 heavy (non-hydrogen) atoms. The molecule has 1 aliphatic heterocycles. The second-order valence-corrected chi connectivity index (χ2v) is 6.87. The molecule has 0 bridgehead atoms. The average Bonchev–Trinajstić information content (AvgIpc) is 2.39. The van der Waals surface area contributed by atoms with Crippen molar-refractivity contribution in [1.29, 1.82) is 0 Å². The summed E-state index contributed by atoms with van der Waals surface area (Å²) in [7, 11) is 2.03. The molecule has 3 nitrogen and oxygen atoms in total. The maximum Gasteiger partial charge on any atom is 0.0426 e. The molecule has 0 radical (unpaired) electrons. The summed E-state index contributed by atoms with van der Waals surface area (Å²) in [6.07, 6.45) is 0. The minimum atomic E-state index is 0.326. The minimum Gasteiger partial charge on any atom is -0.369 e. The van der Waals surface area contributed by atoms with Crippen LogP contribution in [0.25, 0.3) is 0 Å². The predicted octanol–water partition coefficient (Wildman–Crippen LogP) is 2.71. The SMILES string of the molecule is CNCC(C)(C)CN1CCN(c2cccc(Cl)c2)CC1. The van der Waals surface area contributed by atoms with Gasteiger partial charge in [-0.15, -0.1) is 0 Å². The van der Waals surface area contributed by atoms with Gasteiger partial charge in [0.1, 0.15) is 0 Å². The molecule has 0 unspecified atom stereocenters. The molecule has 2 rings (SSSR count). The molecular weight excluding hydrogens is 270 g/mol. The maximum atomic E-state index is 6.07. The Labute approximate surface area is 127 Å². The molecular formula is C16H26ClN3. The van der Waals surface area contributed by atoms with Crippen LogP contribution in [0.5, 0.6) is 0 Å². The number of rotatable bonds is 5. The predicted molar refractivity (Wildman–Crippen MR) is 87.8 cm³/mol. The van der Waals surface area contributed by atoms with E-state index in [0.717, 1.165) is 44.3 Å². The number of nitrogens with one attached hydrogen (secondary N) is 1. The molecule has 0 aromatic heterocycles. The number of hydrogen-bond donors (Lipinski definition) is 1. The second-order valence-electron chi connectivity index (χ2n) is 6.44. The summed E-state index contributed by atoms with van der Waals surface area (Å²) in [5.74, 6) is 0. The van der Waals surface area contributed by atoms with Crippen molar-refractivity contribution in [1.82, 2.24) is 10.2 Å². The second kappa shape index (κ2) is 6.79. The summed E-state index contributed by atoms with van der Waals surface area (Å²) >= 11 is 6.07.